The van der Waals surface area contributed by atoms with Crippen LogP contribution in [0.4, 0.5) is 0 Å². The maximum Gasteiger partial charge on any atom is 0.305 e. The fourth-order valence-electron chi connectivity index (χ4n) is 1.99. The summed E-state index contributed by atoms with van der Waals surface area (Å²) in [5, 5.41) is 18.8. The Bertz CT molecular complexity index is 459. The minimum absolute atomic E-state index is 0.271. The van der Waals surface area contributed by atoms with Crippen LogP contribution in [0.2, 0.25) is 0 Å². The summed E-state index contributed by atoms with van der Waals surface area (Å²) in [5.74, 6) is -0.255. The van der Waals surface area contributed by atoms with E-state index in [4.69, 9.17) is 15.6 Å². The lowest BCUT2D eigenvalue weighted by Gasteiger charge is -2.21. The van der Waals surface area contributed by atoms with Crippen LogP contribution in [0.5, 0.6) is 5.75 Å². The first-order chi connectivity index (χ1) is 8.86. The molecule has 0 aromatic heterocycles. The van der Waals surface area contributed by atoms with Crippen LogP contribution in [0.1, 0.15) is 36.1 Å². The first kappa shape index (κ1) is 15.5. The van der Waals surface area contributed by atoms with Crippen molar-refractivity contribution in [2.75, 3.05) is 6.61 Å². The van der Waals surface area contributed by atoms with Gasteiger partial charge in [0.05, 0.1) is 19.1 Å². The second-order valence-corrected chi connectivity index (χ2v) is 4.61. The Morgan fingerprint density at radius 3 is 2.53 bits per heavy atom. The van der Waals surface area contributed by atoms with E-state index in [-0.39, 0.29) is 6.42 Å². The van der Waals surface area contributed by atoms with Crippen LogP contribution in [-0.2, 0) is 4.79 Å². The second-order valence-electron chi connectivity index (χ2n) is 4.61. The summed E-state index contributed by atoms with van der Waals surface area (Å²) in [6, 6.07) is 2.81. The van der Waals surface area contributed by atoms with E-state index in [1.807, 2.05) is 26.8 Å². The zero-order valence-corrected chi connectivity index (χ0v) is 11.5. The van der Waals surface area contributed by atoms with Crippen molar-refractivity contribution in [3.05, 3.63) is 28.8 Å². The Hall–Kier alpha value is -1.59. The summed E-state index contributed by atoms with van der Waals surface area (Å²) in [5.41, 5.74) is 8.08. The summed E-state index contributed by atoms with van der Waals surface area (Å²) in [6.07, 6.45) is -1.27. The van der Waals surface area contributed by atoms with Gasteiger partial charge in [0.25, 0.3) is 0 Å². The molecule has 0 saturated carbocycles. The van der Waals surface area contributed by atoms with Crippen molar-refractivity contribution in [1.82, 2.24) is 0 Å². The molecule has 4 N–H and O–H groups in total. The average molecular weight is 267 g/mol. The molecule has 0 aliphatic rings. The molecule has 0 aliphatic heterocycles. The zero-order chi connectivity index (χ0) is 14.6. The van der Waals surface area contributed by atoms with E-state index >= 15 is 0 Å². The molecule has 1 aromatic carbocycles. The highest BCUT2D eigenvalue weighted by Crippen LogP contribution is 2.28. The Morgan fingerprint density at radius 2 is 2.00 bits per heavy atom. The summed E-state index contributed by atoms with van der Waals surface area (Å²) in [7, 11) is 0. The quantitative estimate of drug-likeness (QED) is 0.727. The van der Waals surface area contributed by atoms with Gasteiger partial charge < -0.3 is 20.7 Å². The molecule has 1 aromatic rings. The summed E-state index contributed by atoms with van der Waals surface area (Å²) in [4.78, 5) is 10.6. The highest BCUT2D eigenvalue weighted by Gasteiger charge is 2.22. The van der Waals surface area contributed by atoms with Gasteiger partial charge in [-0.05, 0) is 49.6 Å². The number of carbonyl (C=O) groups is 1. The minimum Gasteiger partial charge on any atom is -0.494 e. The van der Waals surface area contributed by atoms with Crippen molar-refractivity contribution in [2.45, 2.75) is 39.3 Å². The van der Waals surface area contributed by atoms with E-state index in [0.717, 1.165) is 16.9 Å². The van der Waals surface area contributed by atoms with Crippen molar-refractivity contribution in [2.24, 2.45) is 5.73 Å². The Labute approximate surface area is 113 Å². The molecule has 106 valence electrons. The number of ether oxygens (including phenoxy) is 1. The number of aryl methyl sites for hydroxylation is 2. The van der Waals surface area contributed by atoms with Gasteiger partial charge in [0.1, 0.15) is 5.75 Å². The van der Waals surface area contributed by atoms with Crippen LogP contribution in [-0.4, -0.2) is 28.8 Å². The van der Waals surface area contributed by atoms with Crippen LogP contribution < -0.4 is 10.5 Å². The highest BCUT2D eigenvalue weighted by molar-refractivity contribution is 5.67. The Balaban J connectivity index is 3.00. The van der Waals surface area contributed by atoms with Gasteiger partial charge in [-0.1, -0.05) is 0 Å². The standard InChI is InChI=1S/C14H21NO4/c1-4-19-12-6-8(2)10(5-9(12)3)14(18)11(15)7-13(16)17/h5-6,11,14,18H,4,7,15H2,1-3H3,(H,16,17). The minimum atomic E-state index is -1.02. The average Bonchev–Trinajstić information content (AvgIpc) is 2.32. The van der Waals surface area contributed by atoms with Crippen molar-refractivity contribution < 1.29 is 19.7 Å². The predicted octanol–water partition coefficient (Wildman–Crippen LogP) is 1.54. The number of aliphatic hydroxyl groups excluding tert-OH is 1. The second kappa shape index (κ2) is 6.54. The number of carboxylic acids is 1. The molecule has 2 unspecified atom stereocenters. The molecule has 0 aliphatic carbocycles. The van der Waals surface area contributed by atoms with E-state index in [1.165, 1.54) is 0 Å². The smallest absolute Gasteiger partial charge is 0.305 e. The van der Waals surface area contributed by atoms with Crippen LogP contribution >= 0.6 is 0 Å². The third-order valence-electron chi connectivity index (χ3n) is 3.00. The molecule has 5 nitrogen and oxygen atoms in total. The van der Waals surface area contributed by atoms with Crippen LogP contribution in [0, 0.1) is 13.8 Å². The number of hydrogen-bond acceptors (Lipinski definition) is 4. The topological polar surface area (TPSA) is 92.8 Å². The summed E-state index contributed by atoms with van der Waals surface area (Å²) >= 11 is 0. The molecule has 0 saturated heterocycles. The van der Waals surface area contributed by atoms with Gasteiger partial charge in [-0.15, -0.1) is 0 Å². The molecule has 0 fully saturated rings. The molecule has 0 radical (unpaired) electrons. The molecule has 19 heavy (non-hydrogen) atoms. The number of rotatable bonds is 6. The molecule has 0 bridgehead atoms. The number of hydrogen-bond donors (Lipinski definition) is 3. The van der Waals surface area contributed by atoms with Crippen molar-refractivity contribution in [1.29, 1.82) is 0 Å². The third kappa shape index (κ3) is 3.94. The molecular weight excluding hydrogens is 246 g/mol. The largest absolute Gasteiger partial charge is 0.494 e. The van der Waals surface area contributed by atoms with Crippen LogP contribution in [0.3, 0.4) is 0 Å². The lowest BCUT2D eigenvalue weighted by atomic mass is 9.94. The molecule has 1 rings (SSSR count). The number of nitrogens with two attached hydrogens (primary N) is 1. The maximum atomic E-state index is 10.6. The molecule has 0 amide bonds. The van der Waals surface area contributed by atoms with Gasteiger partial charge in [0, 0.05) is 6.04 Å². The van der Waals surface area contributed by atoms with Crippen LogP contribution in [0.15, 0.2) is 12.1 Å². The fraction of sp³-hybridized carbons (Fsp3) is 0.500. The molecule has 0 spiro atoms. The lowest BCUT2D eigenvalue weighted by Crippen LogP contribution is -2.31. The van der Waals surface area contributed by atoms with Crippen molar-refractivity contribution >= 4 is 5.97 Å². The number of aliphatic hydroxyl groups is 1. The van der Waals surface area contributed by atoms with E-state index in [0.29, 0.717) is 12.2 Å². The van der Waals surface area contributed by atoms with E-state index in [9.17, 15) is 9.90 Å². The van der Waals surface area contributed by atoms with Crippen molar-refractivity contribution in [3.63, 3.8) is 0 Å². The third-order valence-corrected chi connectivity index (χ3v) is 3.00. The van der Waals surface area contributed by atoms with Gasteiger partial charge in [-0.2, -0.15) is 0 Å². The Morgan fingerprint density at radius 1 is 1.37 bits per heavy atom. The monoisotopic (exact) mass is 267 g/mol. The Kier molecular flexibility index (Phi) is 5.32. The van der Waals surface area contributed by atoms with Crippen LogP contribution in [0.25, 0.3) is 0 Å². The molecular formula is C14H21NO4. The van der Waals surface area contributed by atoms with E-state index in [2.05, 4.69) is 0 Å². The first-order valence-corrected chi connectivity index (χ1v) is 6.26. The number of carboxylic acid groups (broad SMARTS) is 1. The zero-order valence-electron chi connectivity index (χ0n) is 11.5. The summed E-state index contributed by atoms with van der Waals surface area (Å²) < 4.78 is 5.47. The molecule has 5 heteroatoms. The summed E-state index contributed by atoms with van der Waals surface area (Å²) in [6.45, 7) is 6.19. The number of aliphatic carboxylic acids is 1. The van der Waals surface area contributed by atoms with Gasteiger partial charge in [0.2, 0.25) is 0 Å². The van der Waals surface area contributed by atoms with E-state index in [1.54, 1.807) is 6.07 Å². The molecule has 2 atom stereocenters. The maximum absolute atomic E-state index is 10.6. The normalized spacial score (nSPS) is 13.9. The van der Waals surface area contributed by atoms with Crippen molar-refractivity contribution in [3.8, 4) is 5.75 Å². The number of benzene rings is 1. The van der Waals surface area contributed by atoms with Gasteiger partial charge in [-0.3, -0.25) is 4.79 Å². The SMILES string of the molecule is CCOc1cc(C)c(C(O)C(N)CC(=O)O)cc1C. The fourth-order valence-corrected chi connectivity index (χ4v) is 1.99. The highest BCUT2D eigenvalue weighted by atomic mass is 16.5. The van der Waals surface area contributed by atoms with Gasteiger partial charge >= 0.3 is 5.97 Å². The predicted molar refractivity (Wildman–Crippen MR) is 72.3 cm³/mol. The van der Waals surface area contributed by atoms with Gasteiger partial charge in [-0.25, -0.2) is 0 Å². The van der Waals surface area contributed by atoms with Gasteiger partial charge in [0.15, 0.2) is 0 Å². The lowest BCUT2D eigenvalue weighted by molar-refractivity contribution is -0.138. The van der Waals surface area contributed by atoms with E-state index < -0.39 is 18.1 Å². The first-order valence-electron chi connectivity index (χ1n) is 6.26. The molecule has 0 heterocycles.